The summed E-state index contributed by atoms with van der Waals surface area (Å²) in [5, 5.41) is 0. The highest BCUT2D eigenvalue weighted by molar-refractivity contribution is 7.99. The summed E-state index contributed by atoms with van der Waals surface area (Å²) in [6, 6.07) is 4.27. The third-order valence-electron chi connectivity index (χ3n) is 3.26. The summed E-state index contributed by atoms with van der Waals surface area (Å²) in [7, 11) is 0. The van der Waals surface area contributed by atoms with Gasteiger partial charge >= 0.3 is 0 Å². The lowest BCUT2D eigenvalue weighted by molar-refractivity contribution is 0.0988. The monoisotopic (exact) mass is 204 g/mol. The van der Waals surface area contributed by atoms with E-state index >= 15 is 0 Å². The number of ketones is 1. The Bertz CT molecular complexity index is 423. The van der Waals surface area contributed by atoms with E-state index < -0.39 is 0 Å². The smallest absolute Gasteiger partial charge is 0.164 e. The van der Waals surface area contributed by atoms with E-state index in [0.29, 0.717) is 11.7 Å². The maximum Gasteiger partial charge on any atom is 0.164 e. The molecule has 2 aliphatic rings. The van der Waals surface area contributed by atoms with Crippen molar-refractivity contribution in [2.24, 2.45) is 0 Å². The average molecular weight is 204 g/mol. The minimum absolute atomic E-state index is 0.367. The molecule has 1 aromatic rings. The molecular formula is C12H12OS. The van der Waals surface area contributed by atoms with Crippen molar-refractivity contribution in [2.45, 2.75) is 30.6 Å². The normalized spacial score (nSPS) is 23.8. The second kappa shape index (κ2) is 2.86. The topological polar surface area (TPSA) is 17.1 Å². The molecule has 0 aromatic heterocycles. The first-order chi connectivity index (χ1) is 6.77. The maximum atomic E-state index is 11.8. The lowest BCUT2D eigenvalue weighted by Crippen LogP contribution is -2.03. The van der Waals surface area contributed by atoms with Gasteiger partial charge in [-0.25, -0.2) is 0 Å². The third-order valence-corrected chi connectivity index (χ3v) is 4.36. The first kappa shape index (κ1) is 8.54. The lowest BCUT2D eigenvalue weighted by atomic mass is 9.96. The Balaban J connectivity index is 2.31. The molecule has 1 aliphatic carbocycles. The Morgan fingerprint density at radius 1 is 1.43 bits per heavy atom. The van der Waals surface area contributed by atoms with Crippen LogP contribution in [0, 0.1) is 6.92 Å². The zero-order valence-electron chi connectivity index (χ0n) is 8.17. The van der Waals surface area contributed by atoms with Gasteiger partial charge in [0.2, 0.25) is 0 Å². The van der Waals surface area contributed by atoms with E-state index in [1.165, 1.54) is 28.2 Å². The van der Waals surface area contributed by atoms with Gasteiger partial charge in [-0.2, -0.15) is 0 Å². The number of aryl methyl sites for hydroxylation is 1. The van der Waals surface area contributed by atoms with E-state index in [2.05, 4.69) is 19.1 Å². The van der Waals surface area contributed by atoms with Gasteiger partial charge in [0, 0.05) is 16.9 Å². The summed E-state index contributed by atoms with van der Waals surface area (Å²) in [4.78, 5) is 13.2. The van der Waals surface area contributed by atoms with Crippen LogP contribution in [0.2, 0.25) is 0 Å². The molecule has 1 aromatic carbocycles. The fraction of sp³-hybridized carbons (Fsp3) is 0.417. The predicted octanol–water partition coefficient (Wildman–Crippen LogP) is 3.16. The SMILES string of the molecule is Cc1ccc2c3c1C(=O)CC3CCS2. The van der Waals surface area contributed by atoms with Gasteiger partial charge in [0.15, 0.2) is 5.78 Å². The number of Topliss-reactive ketones (excluding diaryl/α,β-unsaturated/α-hetero) is 1. The van der Waals surface area contributed by atoms with Crippen LogP contribution in [0.5, 0.6) is 0 Å². The Morgan fingerprint density at radius 2 is 2.29 bits per heavy atom. The summed E-state index contributed by atoms with van der Waals surface area (Å²) in [6.45, 7) is 2.05. The van der Waals surface area contributed by atoms with Gasteiger partial charge in [0.1, 0.15) is 0 Å². The van der Waals surface area contributed by atoms with Crippen molar-refractivity contribution in [2.75, 3.05) is 5.75 Å². The molecule has 0 radical (unpaired) electrons. The van der Waals surface area contributed by atoms with E-state index in [0.717, 1.165) is 12.0 Å². The van der Waals surface area contributed by atoms with Crippen LogP contribution in [0.3, 0.4) is 0 Å². The van der Waals surface area contributed by atoms with Crippen molar-refractivity contribution in [3.63, 3.8) is 0 Å². The van der Waals surface area contributed by atoms with Crippen LogP contribution in [0.4, 0.5) is 0 Å². The fourth-order valence-corrected chi connectivity index (χ4v) is 3.81. The molecule has 1 heterocycles. The minimum Gasteiger partial charge on any atom is -0.294 e. The molecule has 14 heavy (non-hydrogen) atoms. The van der Waals surface area contributed by atoms with Crippen LogP contribution >= 0.6 is 11.8 Å². The van der Waals surface area contributed by atoms with Gasteiger partial charge in [-0.3, -0.25) is 4.79 Å². The number of carbonyl (C=O) groups excluding carboxylic acids is 1. The average Bonchev–Trinajstić information content (AvgIpc) is 2.51. The van der Waals surface area contributed by atoms with Crippen LogP contribution in [0.25, 0.3) is 0 Å². The molecule has 0 saturated carbocycles. The Morgan fingerprint density at radius 3 is 3.14 bits per heavy atom. The van der Waals surface area contributed by atoms with Gasteiger partial charge in [0.25, 0.3) is 0 Å². The molecule has 0 fully saturated rings. The van der Waals surface area contributed by atoms with E-state index in [1.54, 1.807) is 0 Å². The second-order valence-electron chi connectivity index (χ2n) is 4.13. The molecule has 72 valence electrons. The van der Waals surface area contributed by atoms with Crippen LogP contribution < -0.4 is 0 Å². The lowest BCUT2D eigenvalue weighted by Gasteiger charge is -2.20. The number of rotatable bonds is 0. The number of benzene rings is 1. The van der Waals surface area contributed by atoms with E-state index in [-0.39, 0.29) is 0 Å². The van der Waals surface area contributed by atoms with Crippen molar-refractivity contribution in [3.8, 4) is 0 Å². The van der Waals surface area contributed by atoms with Crippen molar-refractivity contribution < 1.29 is 4.79 Å². The molecule has 1 aliphatic heterocycles. The largest absolute Gasteiger partial charge is 0.294 e. The van der Waals surface area contributed by atoms with Crippen molar-refractivity contribution >= 4 is 17.5 Å². The maximum absolute atomic E-state index is 11.8. The van der Waals surface area contributed by atoms with Crippen molar-refractivity contribution in [1.82, 2.24) is 0 Å². The van der Waals surface area contributed by atoms with Gasteiger partial charge in [-0.15, -0.1) is 11.8 Å². The molecule has 1 unspecified atom stereocenters. The van der Waals surface area contributed by atoms with Gasteiger partial charge in [-0.05, 0) is 42.2 Å². The third kappa shape index (κ3) is 1.01. The van der Waals surface area contributed by atoms with Gasteiger partial charge in [0.05, 0.1) is 0 Å². The zero-order chi connectivity index (χ0) is 9.71. The van der Waals surface area contributed by atoms with Crippen molar-refractivity contribution in [3.05, 3.63) is 28.8 Å². The van der Waals surface area contributed by atoms with Gasteiger partial charge < -0.3 is 0 Å². The zero-order valence-corrected chi connectivity index (χ0v) is 8.99. The standard InChI is InChI=1S/C12H12OS/c1-7-2-3-10-12-8(4-5-14-10)6-9(13)11(7)12/h2-3,8H,4-6H2,1H3. The summed E-state index contributed by atoms with van der Waals surface area (Å²) >= 11 is 1.91. The molecule has 3 rings (SSSR count). The minimum atomic E-state index is 0.367. The van der Waals surface area contributed by atoms with Crippen LogP contribution in [-0.4, -0.2) is 11.5 Å². The summed E-state index contributed by atoms with van der Waals surface area (Å²) in [6.07, 6.45) is 1.94. The number of hydrogen-bond donors (Lipinski definition) is 0. The van der Waals surface area contributed by atoms with Crippen molar-refractivity contribution in [1.29, 1.82) is 0 Å². The highest BCUT2D eigenvalue weighted by atomic mass is 32.2. The number of carbonyl (C=O) groups is 1. The molecule has 1 nitrogen and oxygen atoms in total. The Labute approximate surface area is 87.9 Å². The van der Waals surface area contributed by atoms with Gasteiger partial charge in [-0.1, -0.05) is 6.07 Å². The molecule has 1 atom stereocenters. The fourth-order valence-electron chi connectivity index (χ4n) is 2.60. The van der Waals surface area contributed by atoms with E-state index in [1.807, 2.05) is 11.8 Å². The Hall–Kier alpha value is -0.760. The highest BCUT2D eigenvalue weighted by Gasteiger charge is 2.34. The van der Waals surface area contributed by atoms with Crippen LogP contribution in [-0.2, 0) is 0 Å². The Kier molecular flexibility index (Phi) is 1.75. The summed E-state index contributed by atoms with van der Waals surface area (Å²) in [5.41, 5.74) is 3.57. The first-order valence-corrected chi connectivity index (χ1v) is 6.05. The molecule has 0 amide bonds. The number of thioether (sulfide) groups is 1. The van der Waals surface area contributed by atoms with Crippen LogP contribution in [0.1, 0.15) is 40.2 Å². The molecule has 0 spiro atoms. The quantitative estimate of drug-likeness (QED) is 0.645. The van der Waals surface area contributed by atoms with E-state index in [9.17, 15) is 4.79 Å². The molecular weight excluding hydrogens is 192 g/mol. The van der Waals surface area contributed by atoms with E-state index in [4.69, 9.17) is 0 Å². The summed E-state index contributed by atoms with van der Waals surface area (Å²) in [5.74, 6) is 2.08. The molecule has 0 saturated heterocycles. The molecule has 0 N–H and O–H groups in total. The first-order valence-electron chi connectivity index (χ1n) is 5.07. The summed E-state index contributed by atoms with van der Waals surface area (Å²) < 4.78 is 0. The highest BCUT2D eigenvalue weighted by Crippen LogP contribution is 2.46. The predicted molar refractivity (Wildman–Crippen MR) is 58.2 cm³/mol. The molecule has 0 bridgehead atoms. The second-order valence-corrected chi connectivity index (χ2v) is 5.27. The number of hydrogen-bond acceptors (Lipinski definition) is 2. The van der Waals surface area contributed by atoms with Crippen LogP contribution in [0.15, 0.2) is 17.0 Å². The molecule has 2 heteroatoms.